The van der Waals surface area contributed by atoms with Gasteiger partial charge in [-0.15, -0.1) is 0 Å². The first kappa shape index (κ1) is 11.4. The van der Waals surface area contributed by atoms with Crippen LogP contribution in [0.15, 0.2) is 48.5 Å². The van der Waals surface area contributed by atoms with Crippen molar-refractivity contribution in [3.05, 3.63) is 59.9 Å². The molecule has 0 saturated heterocycles. The van der Waals surface area contributed by atoms with Gasteiger partial charge in [-0.25, -0.2) is 4.39 Å². The second-order valence-electron chi connectivity index (χ2n) is 4.84. The molecule has 1 N–H and O–H groups in total. The molecule has 0 spiro atoms. The Morgan fingerprint density at radius 1 is 1.06 bits per heavy atom. The molecule has 0 unspecified atom stereocenters. The molecule has 2 aromatic rings. The maximum absolute atomic E-state index is 13.8. The average Bonchev–Trinajstić information content (AvgIpc) is 3.23. The molecule has 1 saturated carbocycles. The lowest BCUT2D eigenvalue weighted by atomic mass is 10.0. The molecule has 3 rings (SSSR count). The van der Waals surface area contributed by atoms with E-state index >= 15 is 0 Å². The number of benzene rings is 2. The van der Waals surface area contributed by atoms with Gasteiger partial charge in [-0.3, -0.25) is 0 Å². The van der Waals surface area contributed by atoms with Gasteiger partial charge in [0.1, 0.15) is 5.82 Å². The van der Waals surface area contributed by atoms with E-state index in [2.05, 4.69) is 5.32 Å². The van der Waals surface area contributed by atoms with E-state index in [0.29, 0.717) is 11.6 Å². The molecule has 0 aliphatic heterocycles. The highest BCUT2D eigenvalue weighted by Crippen LogP contribution is 2.24. The summed E-state index contributed by atoms with van der Waals surface area (Å²) in [5.41, 5.74) is 2.76. The van der Waals surface area contributed by atoms with E-state index in [1.165, 1.54) is 12.8 Å². The van der Waals surface area contributed by atoms with E-state index < -0.39 is 0 Å². The van der Waals surface area contributed by atoms with Crippen LogP contribution in [0.3, 0.4) is 0 Å². The van der Waals surface area contributed by atoms with E-state index in [1.54, 1.807) is 6.07 Å². The van der Waals surface area contributed by atoms with Crippen LogP contribution in [0.2, 0.25) is 0 Å². The number of nitrogens with one attached hydrogen (secondary N) is 1. The van der Waals surface area contributed by atoms with Gasteiger partial charge in [0.25, 0.3) is 0 Å². The van der Waals surface area contributed by atoms with Crippen LogP contribution in [0.25, 0.3) is 11.1 Å². The molecule has 92 valence electrons. The van der Waals surface area contributed by atoms with Crippen LogP contribution in [-0.2, 0) is 6.54 Å². The number of hydrogen-bond donors (Lipinski definition) is 1. The van der Waals surface area contributed by atoms with Gasteiger partial charge in [-0.05, 0) is 36.1 Å². The Labute approximate surface area is 107 Å². The summed E-state index contributed by atoms with van der Waals surface area (Å²) in [6.07, 6.45) is 2.54. The highest BCUT2D eigenvalue weighted by Gasteiger charge is 2.20. The summed E-state index contributed by atoms with van der Waals surface area (Å²) >= 11 is 0. The molecule has 18 heavy (non-hydrogen) atoms. The Bertz CT molecular complexity index is 532. The third-order valence-electron chi connectivity index (χ3n) is 3.29. The Balaban J connectivity index is 1.85. The molecule has 0 bridgehead atoms. The summed E-state index contributed by atoms with van der Waals surface area (Å²) in [7, 11) is 0. The minimum Gasteiger partial charge on any atom is -0.310 e. The molecule has 0 aromatic heterocycles. The van der Waals surface area contributed by atoms with Crippen molar-refractivity contribution in [1.29, 1.82) is 0 Å². The van der Waals surface area contributed by atoms with Crippen LogP contribution in [-0.4, -0.2) is 6.04 Å². The third kappa shape index (κ3) is 2.59. The molecule has 1 aliphatic carbocycles. The first-order chi connectivity index (χ1) is 8.83. The zero-order valence-corrected chi connectivity index (χ0v) is 10.2. The third-order valence-corrected chi connectivity index (χ3v) is 3.29. The van der Waals surface area contributed by atoms with Crippen molar-refractivity contribution < 1.29 is 4.39 Å². The first-order valence-electron chi connectivity index (χ1n) is 6.40. The smallest absolute Gasteiger partial charge is 0.131 e. The van der Waals surface area contributed by atoms with Gasteiger partial charge in [0.05, 0.1) is 0 Å². The maximum Gasteiger partial charge on any atom is 0.131 e. The summed E-state index contributed by atoms with van der Waals surface area (Å²) < 4.78 is 13.8. The zero-order valence-electron chi connectivity index (χ0n) is 10.2. The molecular formula is C16H16FN. The lowest BCUT2D eigenvalue weighted by molar-refractivity contribution is 0.628. The van der Waals surface area contributed by atoms with Crippen molar-refractivity contribution in [3.8, 4) is 11.1 Å². The fraction of sp³-hybridized carbons (Fsp3) is 0.250. The minimum atomic E-state index is -0.156. The highest BCUT2D eigenvalue weighted by atomic mass is 19.1. The molecule has 0 radical (unpaired) electrons. The Morgan fingerprint density at radius 2 is 1.83 bits per heavy atom. The number of hydrogen-bond acceptors (Lipinski definition) is 1. The first-order valence-corrected chi connectivity index (χ1v) is 6.40. The topological polar surface area (TPSA) is 12.0 Å². The van der Waals surface area contributed by atoms with Crippen LogP contribution < -0.4 is 5.32 Å². The molecule has 1 nitrogen and oxygen atoms in total. The largest absolute Gasteiger partial charge is 0.310 e. The van der Waals surface area contributed by atoms with Crippen LogP contribution in [0.4, 0.5) is 4.39 Å². The molecule has 1 fully saturated rings. The number of rotatable bonds is 4. The van der Waals surface area contributed by atoms with Crippen molar-refractivity contribution in [2.75, 3.05) is 0 Å². The van der Waals surface area contributed by atoms with Gasteiger partial charge in [0.2, 0.25) is 0 Å². The predicted octanol–water partition coefficient (Wildman–Crippen LogP) is 3.74. The van der Waals surface area contributed by atoms with Crippen molar-refractivity contribution in [2.45, 2.75) is 25.4 Å². The molecule has 2 heteroatoms. The summed E-state index contributed by atoms with van der Waals surface area (Å²) in [6.45, 7) is 0.824. The Hall–Kier alpha value is -1.67. The van der Waals surface area contributed by atoms with Gasteiger partial charge in [0.15, 0.2) is 0 Å². The van der Waals surface area contributed by atoms with Crippen LogP contribution in [0, 0.1) is 5.82 Å². The maximum atomic E-state index is 13.8. The van der Waals surface area contributed by atoms with Gasteiger partial charge < -0.3 is 5.32 Å². The van der Waals surface area contributed by atoms with Gasteiger partial charge >= 0.3 is 0 Å². The van der Waals surface area contributed by atoms with E-state index in [1.807, 2.05) is 42.5 Å². The number of halogens is 1. The van der Waals surface area contributed by atoms with E-state index in [-0.39, 0.29) is 5.82 Å². The molecule has 0 atom stereocenters. The second kappa shape index (κ2) is 4.91. The summed E-state index contributed by atoms with van der Waals surface area (Å²) in [5.74, 6) is -0.156. The average molecular weight is 241 g/mol. The monoisotopic (exact) mass is 241 g/mol. The fourth-order valence-electron chi connectivity index (χ4n) is 2.07. The molecule has 2 aromatic carbocycles. The minimum absolute atomic E-state index is 0.156. The molecular weight excluding hydrogens is 225 g/mol. The summed E-state index contributed by atoms with van der Waals surface area (Å²) in [5, 5.41) is 3.45. The molecule has 0 heterocycles. The van der Waals surface area contributed by atoms with Crippen molar-refractivity contribution >= 4 is 0 Å². The normalized spacial score (nSPS) is 14.7. The molecule has 0 amide bonds. The van der Waals surface area contributed by atoms with E-state index in [0.717, 1.165) is 17.7 Å². The van der Waals surface area contributed by atoms with Gasteiger partial charge in [-0.2, -0.15) is 0 Å². The van der Waals surface area contributed by atoms with Gasteiger partial charge in [0, 0.05) is 18.2 Å². The van der Waals surface area contributed by atoms with Crippen molar-refractivity contribution in [1.82, 2.24) is 5.32 Å². The predicted molar refractivity (Wildman–Crippen MR) is 71.7 cm³/mol. The zero-order chi connectivity index (χ0) is 12.4. The quantitative estimate of drug-likeness (QED) is 0.859. The van der Waals surface area contributed by atoms with E-state index in [9.17, 15) is 4.39 Å². The fourth-order valence-corrected chi connectivity index (χ4v) is 2.07. The Morgan fingerprint density at radius 3 is 2.56 bits per heavy atom. The van der Waals surface area contributed by atoms with Crippen LogP contribution in [0.1, 0.15) is 18.4 Å². The second-order valence-corrected chi connectivity index (χ2v) is 4.84. The van der Waals surface area contributed by atoms with E-state index in [4.69, 9.17) is 0 Å². The van der Waals surface area contributed by atoms with Crippen molar-refractivity contribution in [3.63, 3.8) is 0 Å². The standard InChI is InChI=1S/C16H16FN/c17-16-9-6-12(11-18-14-7-8-14)10-15(16)13-4-2-1-3-5-13/h1-6,9-10,14,18H,7-8,11H2. The van der Waals surface area contributed by atoms with Crippen LogP contribution in [0.5, 0.6) is 0 Å². The summed E-state index contributed by atoms with van der Waals surface area (Å²) in [4.78, 5) is 0. The highest BCUT2D eigenvalue weighted by molar-refractivity contribution is 5.64. The molecule has 1 aliphatic rings. The Kier molecular flexibility index (Phi) is 3.11. The van der Waals surface area contributed by atoms with Crippen LogP contribution >= 0.6 is 0 Å². The lowest BCUT2D eigenvalue weighted by Crippen LogP contribution is -2.15. The summed E-state index contributed by atoms with van der Waals surface area (Å²) in [6, 6.07) is 15.7. The SMILES string of the molecule is Fc1ccc(CNC2CC2)cc1-c1ccccc1. The lowest BCUT2D eigenvalue weighted by Gasteiger charge is -2.08. The van der Waals surface area contributed by atoms with Gasteiger partial charge in [-0.1, -0.05) is 36.4 Å². The van der Waals surface area contributed by atoms with Crippen molar-refractivity contribution in [2.24, 2.45) is 0 Å².